The minimum Gasteiger partial charge on any atom is -0.367 e. The Hall–Kier alpha value is -1.09. The van der Waals surface area contributed by atoms with Gasteiger partial charge in [-0.1, -0.05) is 26.8 Å². The van der Waals surface area contributed by atoms with Crippen LogP contribution in [0.15, 0.2) is 18.3 Å². The zero-order chi connectivity index (χ0) is 13.5. The first-order chi connectivity index (χ1) is 9.00. The van der Waals surface area contributed by atoms with Crippen LogP contribution in [0.2, 0.25) is 0 Å². The molecule has 3 heteroatoms. The van der Waals surface area contributed by atoms with Crippen molar-refractivity contribution in [3.8, 4) is 0 Å². The van der Waals surface area contributed by atoms with E-state index in [2.05, 4.69) is 48.5 Å². The monoisotopic (exact) mass is 259 g/mol. The van der Waals surface area contributed by atoms with Crippen molar-refractivity contribution in [3.05, 3.63) is 23.9 Å². The van der Waals surface area contributed by atoms with Gasteiger partial charge in [0, 0.05) is 24.3 Å². The molecule has 2 aliphatic heterocycles. The summed E-state index contributed by atoms with van der Waals surface area (Å²) in [7, 11) is 0. The van der Waals surface area contributed by atoms with Gasteiger partial charge in [0.2, 0.25) is 0 Å². The summed E-state index contributed by atoms with van der Waals surface area (Å²) in [5.74, 6) is 1.03. The number of nitrogens with one attached hydrogen (secondary N) is 2. The van der Waals surface area contributed by atoms with E-state index in [4.69, 9.17) is 0 Å². The molecule has 2 atom stereocenters. The van der Waals surface area contributed by atoms with Crippen LogP contribution in [-0.2, 0) is 5.41 Å². The molecule has 2 aliphatic rings. The summed E-state index contributed by atoms with van der Waals surface area (Å²) < 4.78 is 0. The van der Waals surface area contributed by atoms with Crippen molar-refractivity contribution in [3.63, 3.8) is 0 Å². The second-order valence-electron chi connectivity index (χ2n) is 7.13. The molecule has 2 bridgehead atoms. The Labute approximate surface area is 116 Å². The molecule has 0 aromatic carbocycles. The molecule has 3 rings (SSSR count). The average Bonchev–Trinajstić information content (AvgIpc) is 2.68. The second kappa shape index (κ2) is 4.78. The van der Waals surface area contributed by atoms with E-state index in [1.165, 1.54) is 31.2 Å². The van der Waals surface area contributed by atoms with Gasteiger partial charge in [-0.05, 0) is 42.7 Å². The molecule has 2 N–H and O–H groups in total. The van der Waals surface area contributed by atoms with Gasteiger partial charge in [-0.15, -0.1) is 0 Å². The van der Waals surface area contributed by atoms with Crippen LogP contribution in [0.25, 0.3) is 0 Å². The third kappa shape index (κ3) is 2.92. The van der Waals surface area contributed by atoms with E-state index in [9.17, 15) is 0 Å². The molecule has 0 radical (unpaired) electrons. The molecular weight excluding hydrogens is 234 g/mol. The number of rotatable bonds is 2. The van der Waals surface area contributed by atoms with Crippen molar-refractivity contribution in [1.82, 2.24) is 10.3 Å². The normalized spacial score (nSPS) is 30.4. The predicted octanol–water partition coefficient (Wildman–Crippen LogP) is 3.07. The van der Waals surface area contributed by atoms with E-state index in [1.54, 1.807) is 0 Å². The van der Waals surface area contributed by atoms with E-state index in [-0.39, 0.29) is 5.41 Å². The lowest BCUT2D eigenvalue weighted by molar-refractivity contribution is 0.377. The van der Waals surface area contributed by atoms with Crippen molar-refractivity contribution in [2.24, 2.45) is 0 Å². The lowest BCUT2D eigenvalue weighted by atomic mass is 9.88. The number of hydrogen-bond donors (Lipinski definition) is 2. The molecule has 2 unspecified atom stereocenters. The SMILES string of the molecule is CC(C)(C)c1ccc(NC2CC3CCC(C2)N3)nc1. The number of fused-ring (bicyclic) bond motifs is 2. The van der Waals surface area contributed by atoms with E-state index in [1.807, 2.05) is 6.20 Å². The van der Waals surface area contributed by atoms with Crippen LogP contribution in [0.5, 0.6) is 0 Å². The first-order valence-corrected chi connectivity index (χ1v) is 7.50. The Kier molecular flexibility index (Phi) is 3.25. The minimum absolute atomic E-state index is 0.180. The largest absolute Gasteiger partial charge is 0.367 e. The molecule has 0 saturated carbocycles. The van der Waals surface area contributed by atoms with Crippen LogP contribution in [0.1, 0.15) is 52.0 Å². The van der Waals surface area contributed by atoms with Crippen molar-refractivity contribution >= 4 is 5.82 Å². The molecule has 0 spiro atoms. The number of nitrogens with zero attached hydrogens (tertiary/aromatic N) is 1. The van der Waals surface area contributed by atoms with E-state index in [0.29, 0.717) is 6.04 Å². The first kappa shape index (κ1) is 12.9. The molecule has 2 fully saturated rings. The smallest absolute Gasteiger partial charge is 0.126 e. The van der Waals surface area contributed by atoms with E-state index in [0.717, 1.165) is 17.9 Å². The third-order valence-corrected chi connectivity index (χ3v) is 4.45. The number of anilines is 1. The van der Waals surface area contributed by atoms with Gasteiger partial charge in [0.1, 0.15) is 5.82 Å². The number of hydrogen-bond acceptors (Lipinski definition) is 3. The molecule has 3 heterocycles. The van der Waals surface area contributed by atoms with Gasteiger partial charge in [0.25, 0.3) is 0 Å². The van der Waals surface area contributed by atoms with Crippen LogP contribution in [0.4, 0.5) is 5.82 Å². The van der Waals surface area contributed by atoms with Gasteiger partial charge in [0.05, 0.1) is 0 Å². The third-order valence-electron chi connectivity index (χ3n) is 4.45. The lowest BCUT2D eigenvalue weighted by Crippen LogP contribution is -2.43. The molecule has 1 aromatic rings. The van der Waals surface area contributed by atoms with Gasteiger partial charge in [-0.25, -0.2) is 4.98 Å². The average molecular weight is 259 g/mol. The topological polar surface area (TPSA) is 37.0 Å². The molecule has 104 valence electrons. The maximum absolute atomic E-state index is 4.58. The summed E-state index contributed by atoms with van der Waals surface area (Å²) in [6.45, 7) is 6.67. The highest BCUT2D eigenvalue weighted by atomic mass is 15.1. The predicted molar refractivity (Wildman–Crippen MR) is 79.5 cm³/mol. The maximum Gasteiger partial charge on any atom is 0.126 e. The highest BCUT2D eigenvalue weighted by Crippen LogP contribution is 2.29. The fourth-order valence-corrected chi connectivity index (χ4v) is 3.31. The highest BCUT2D eigenvalue weighted by molar-refractivity contribution is 5.38. The van der Waals surface area contributed by atoms with E-state index < -0.39 is 0 Å². The fraction of sp³-hybridized carbons (Fsp3) is 0.688. The quantitative estimate of drug-likeness (QED) is 0.857. The van der Waals surface area contributed by atoms with Crippen LogP contribution in [-0.4, -0.2) is 23.1 Å². The highest BCUT2D eigenvalue weighted by Gasteiger charge is 2.33. The Morgan fingerprint density at radius 3 is 2.37 bits per heavy atom. The zero-order valence-corrected chi connectivity index (χ0v) is 12.2. The van der Waals surface area contributed by atoms with Gasteiger partial charge in [-0.2, -0.15) is 0 Å². The summed E-state index contributed by atoms with van der Waals surface area (Å²) in [6, 6.07) is 6.37. The van der Waals surface area contributed by atoms with Crippen LogP contribution < -0.4 is 10.6 Å². The summed E-state index contributed by atoms with van der Waals surface area (Å²) in [5, 5.41) is 7.28. The fourth-order valence-electron chi connectivity index (χ4n) is 3.31. The Morgan fingerprint density at radius 2 is 1.84 bits per heavy atom. The van der Waals surface area contributed by atoms with Gasteiger partial charge in [0.15, 0.2) is 0 Å². The van der Waals surface area contributed by atoms with Crippen molar-refractivity contribution in [2.75, 3.05) is 5.32 Å². The minimum atomic E-state index is 0.180. The van der Waals surface area contributed by atoms with E-state index >= 15 is 0 Å². The first-order valence-electron chi connectivity index (χ1n) is 7.50. The van der Waals surface area contributed by atoms with Crippen LogP contribution in [0, 0.1) is 0 Å². The van der Waals surface area contributed by atoms with Gasteiger partial charge >= 0.3 is 0 Å². The van der Waals surface area contributed by atoms with Gasteiger partial charge in [-0.3, -0.25) is 0 Å². The lowest BCUT2D eigenvalue weighted by Gasteiger charge is -2.30. The van der Waals surface area contributed by atoms with Crippen molar-refractivity contribution < 1.29 is 0 Å². The zero-order valence-electron chi connectivity index (χ0n) is 12.2. The van der Waals surface area contributed by atoms with Crippen molar-refractivity contribution in [2.45, 2.75) is 70.0 Å². The van der Waals surface area contributed by atoms with Crippen LogP contribution in [0.3, 0.4) is 0 Å². The van der Waals surface area contributed by atoms with Crippen molar-refractivity contribution in [1.29, 1.82) is 0 Å². The Bertz CT molecular complexity index is 420. The second-order valence-corrected chi connectivity index (χ2v) is 7.13. The maximum atomic E-state index is 4.58. The molecule has 19 heavy (non-hydrogen) atoms. The van der Waals surface area contributed by atoms with Gasteiger partial charge < -0.3 is 10.6 Å². The molecule has 2 saturated heterocycles. The molecule has 0 amide bonds. The number of piperidine rings is 1. The summed E-state index contributed by atoms with van der Waals surface area (Å²) in [4.78, 5) is 4.58. The van der Waals surface area contributed by atoms with Crippen LogP contribution >= 0.6 is 0 Å². The Morgan fingerprint density at radius 1 is 1.16 bits per heavy atom. The summed E-state index contributed by atoms with van der Waals surface area (Å²) in [6.07, 6.45) is 7.18. The Balaban J connectivity index is 1.64. The number of aromatic nitrogens is 1. The molecule has 1 aromatic heterocycles. The molecule has 3 nitrogen and oxygen atoms in total. The summed E-state index contributed by atoms with van der Waals surface area (Å²) >= 11 is 0. The number of pyridine rings is 1. The molecule has 0 aliphatic carbocycles. The molecular formula is C16H25N3. The summed E-state index contributed by atoms with van der Waals surface area (Å²) in [5.41, 5.74) is 1.47. The standard InChI is InChI=1S/C16H25N3/c1-16(2,3)11-4-7-15(17-10-11)19-14-8-12-5-6-13(9-14)18-12/h4,7,10,12-14,18H,5-6,8-9H2,1-3H3,(H,17,19).